The lowest BCUT2D eigenvalue weighted by Gasteiger charge is -2.35. The summed E-state index contributed by atoms with van der Waals surface area (Å²) in [6, 6.07) is 15.3. The minimum absolute atomic E-state index is 0.347. The van der Waals surface area contributed by atoms with E-state index in [-0.39, 0.29) is 4.90 Å². The highest BCUT2D eigenvalue weighted by Crippen LogP contribution is 2.44. The molecule has 36 heavy (non-hydrogen) atoms. The van der Waals surface area contributed by atoms with Gasteiger partial charge in [0, 0.05) is 18.7 Å². The van der Waals surface area contributed by atoms with Gasteiger partial charge in [0.25, 0.3) is 15.9 Å². The summed E-state index contributed by atoms with van der Waals surface area (Å²) in [6.07, 6.45) is 0. The van der Waals surface area contributed by atoms with Gasteiger partial charge in [-0.2, -0.15) is 0 Å². The van der Waals surface area contributed by atoms with Crippen molar-refractivity contribution in [1.29, 1.82) is 0 Å². The SMILES string of the molecule is CCOc1cccc2c1CN(Cc1c(C)cc(C)cc1C)C2(C)C(=O)NS(=O)(=O)c1ccccc1O. The maximum Gasteiger partial charge on any atom is 0.267 e. The summed E-state index contributed by atoms with van der Waals surface area (Å²) < 4.78 is 34.3. The Balaban J connectivity index is 1.80. The molecule has 1 amide bonds. The predicted octanol–water partition coefficient (Wildman–Crippen LogP) is 4.45. The molecule has 0 saturated heterocycles. The molecule has 1 aliphatic heterocycles. The zero-order valence-electron chi connectivity index (χ0n) is 21.3. The van der Waals surface area contributed by atoms with E-state index in [1.807, 2.05) is 50.8 Å². The van der Waals surface area contributed by atoms with Gasteiger partial charge in [-0.1, -0.05) is 42.0 Å². The summed E-state index contributed by atoms with van der Waals surface area (Å²) >= 11 is 0. The maximum atomic E-state index is 13.9. The molecule has 0 bridgehead atoms. The number of ether oxygens (including phenoxy) is 1. The number of rotatable bonds is 7. The number of carbonyl (C=O) groups excluding carboxylic acids is 1. The molecule has 0 fully saturated rings. The lowest BCUT2D eigenvalue weighted by atomic mass is 9.89. The van der Waals surface area contributed by atoms with Crippen LogP contribution in [0.2, 0.25) is 0 Å². The average Bonchev–Trinajstić information content (AvgIpc) is 3.10. The first-order valence-electron chi connectivity index (χ1n) is 11.9. The van der Waals surface area contributed by atoms with Gasteiger partial charge in [-0.3, -0.25) is 9.69 Å². The van der Waals surface area contributed by atoms with Crippen LogP contribution in [0, 0.1) is 20.8 Å². The van der Waals surface area contributed by atoms with Crippen molar-refractivity contribution in [3.63, 3.8) is 0 Å². The first-order chi connectivity index (χ1) is 17.0. The first kappa shape index (κ1) is 25.7. The summed E-state index contributed by atoms with van der Waals surface area (Å²) in [7, 11) is -4.31. The normalized spacial score (nSPS) is 17.6. The molecular formula is C28H32N2O5S. The smallest absolute Gasteiger partial charge is 0.267 e. The number of nitrogens with one attached hydrogen (secondary N) is 1. The second-order valence-electron chi connectivity index (χ2n) is 9.42. The number of fused-ring (bicyclic) bond motifs is 1. The Hall–Kier alpha value is -3.36. The lowest BCUT2D eigenvalue weighted by molar-refractivity contribution is -0.131. The van der Waals surface area contributed by atoms with E-state index in [0.29, 0.717) is 31.0 Å². The Kier molecular flexibility index (Phi) is 6.86. The molecule has 0 aliphatic carbocycles. The van der Waals surface area contributed by atoms with E-state index < -0.39 is 27.2 Å². The Morgan fingerprint density at radius 3 is 2.39 bits per heavy atom. The van der Waals surface area contributed by atoms with Crippen molar-refractivity contribution in [2.45, 2.75) is 58.1 Å². The zero-order chi connectivity index (χ0) is 26.3. The minimum atomic E-state index is -4.31. The Morgan fingerprint density at radius 1 is 1.08 bits per heavy atom. The monoisotopic (exact) mass is 508 g/mol. The van der Waals surface area contributed by atoms with Gasteiger partial charge in [-0.15, -0.1) is 0 Å². The Labute approximate surface area is 212 Å². The number of phenols is 1. The topological polar surface area (TPSA) is 95.9 Å². The molecular weight excluding hydrogens is 476 g/mol. The van der Waals surface area contributed by atoms with Crippen molar-refractivity contribution in [3.8, 4) is 11.5 Å². The summed E-state index contributed by atoms with van der Waals surface area (Å²) in [5, 5.41) is 10.1. The molecule has 0 spiro atoms. The van der Waals surface area contributed by atoms with Gasteiger partial charge in [0.2, 0.25) is 0 Å². The van der Waals surface area contributed by atoms with Crippen LogP contribution in [0.25, 0.3) is 0 Å². The summed E-state index contributed by atoms with van der Waals surface area (Å²) in [5.74, 6) is -0.436. The predicted molar refractivity (Wildman–Crippen MR) is 138 cm³/mol. The van der Waals surface area contributed by atoms with Crippen molar-refractivity contribution in [1.82, 2.24) is 9.62 Å². The highest BCUT2D eigenvalue weighted by atomic mass is 32.2. The van der Waals surface area contributed by atoms with Crippen LogP contribution < -0.4 is 9.46 Å². The number of hydrogen-bond donors (Lipinski definition) is 2. The van der Waals surface area contributed by atoms with Crippen molar-refractivity contribution in [2.75, 3.05) is 6.61 Å². The number of aryl methyl sites for hydroxylation is 3. The highest BCUT2D eigenvalue weighted by molar-refractivity contribution is 7.90. The average molecular weight is 509 g/mol. The molecule has 1 atom stereocenters. The molecule has 3 aromatic rings. The van der Waals surface area contributed by atoms with Crippen LogP contribution in [0.5, 0.6) is 11.5 Å². The third kappa shape index (κ3) is 4.47. The Bertz CT molecular complexity index is 1410. The van der Waals surface area contributed by atoms with Crippen molar-refractivity contribution < 1.29 is 23.1 Å². The fourth-order valence-electron chi connectivity index (χ4n) is 5.09. The number of amides is 1. The largest absolute Gasteiger partial charge is 0.507 e. The molecule has 1 unspecified atom stereocenters. The van der Waals surface area contributed by atoms with Crippen LogP contribution in [0.15, 0.2) is 59.5 Å². The standard InChI is InChI=1S/C28H32N2O5S/c1-6-35-25-12-9-10-23-22(25)17-30(16-21-19(3)14-18(2)15-20(21)4)28(23,5)27(32)29-36(33,34)26-13-8-7-11-24(26)31/h7-15,31H,6,16-17H2,1-5H3,(H,29,32). The molecule has 7 nitrogen and oxygen atoms in total. The number of nitrogens with zero attached hydrogens (tertiary/aromatic N) is 1. The number of para-hydroxylation sites is 1. The summed E-state index contributed by atoms with van der Waals surface area (Å²) in [6.45, 7) is 11.1. The molecule has 0 saturated carbocycles. The summed E-state index contributed by atoms with van der Waals surface area (Å²) in [4.78, 5) is 15.5. The number of carbonyl (C=O) groups is 1. The third-order valence-electron chi connectivity index (χ3n) is 6.95. The van der Waals surface area contributed by atoms with Crippen molar-refractivity contribution in [2.24, 2.45) is 0 Å². The van der Waals surface area contributed by atoms with Gasteiger partial charge >= 0.3 is 0 Å². The lowest BCUT2D eigenvalue weighted by Crippen LogP contribution is -2.52. The number of phenolic OH excluding ortho intramolecular Hbond substituents is 1. The number of aromatic hydroxyl groups is 1. The van der Waals surface area contributed by atoms with Crippen molar-refractivity contribution >= 4 is 15.9 Å². The molecule has 1 heterocycles. The van der Waals surface area contributed by atoms with Crippen LogP contribution in [0.4, 0.5) is 0 Å². The fraction of sp³-hybridized carbons (Fsp3) is 0.321. The molecule has 0 aromatic heterocycles. The van der Waals surface area contributed by atoms with Crippen LogP contribution in [-0.2, 0) is 33.4 Å². The Morgan fingerprint density at radius 2 is 1.75 bits per heavy atom. The van der Waals surface area contributed by atoms with Gasteiger partial charge in [0.05, 0.1) is 6.61 Å². The quantitative estimate of drug-likeness (QED) is 0.490. The van der Waals surface area contributed by atoms with E-state index in [0.717, 1.165) is 27.8 Å². The van der Waals surface area contributed by atoms with E-state index >= 15 is 0 Å². The zero-order valence-corrected chi connectivity index (χ0v) is 22.1. The summed E-state index contributed by atoms with van der Waals surface area (Å²) in [5.41, 5.74) is 4.72. The van der Waals surface area contributed by atoms with Gasteiger partial charge in [-0.05, 0) is 75.1 Å². The van der Waals surface area contributed by atoms with Gasteiger partial charge in [0.1, 0.15) is 21.9 Å². The van der Waals surface area contributed by atoms with Gasteiger partial charge in [0.15, 0.2) is 0 Å². The highest BCUT2D eigenvalue weighted by Gasteiger charge is 2.49. The van der Waals surface area contributed by atoms with E-state index in [2.05, 4.69) is 16.9 Å². The molecule has 1 aliphatic rings. The molecule has 3 aromatic carbocycles. The fourth-order valence-corrected chi connectivity index (χ4v) is 6.24. The molecule has 2 N–H and O–H groups in total. The third-order valence-corrected chi connectivity index (χ3v) is 8.33. The number of sulfonamides is 1. The number of benzene rings is 3. The molecule has 8 heteroatoms. The van der Waals surface area contributed by atoms with E-state index in [1.165, 1.54) is 24.3 Å². The second-order valence-corrected chi connectivity index (χ2v) is 11.1. The molecule has 0 radical (unpaired) electrons. The number of hydrogen-bond acceptors (Lipinski definition) is 6. The molecule has 4 rings (SSSR count). The second kappa shape index (κ2) is 9.59. The first-order valence-corrected chi connectivity index (χ1v) is 13.4. The van der Waals surface area contributed by atoms with E-state index in [1.54, 1.807) is 6.92 Å². The maximum absolute atomic E-state index is 13.9. The van der Waals surface area contributed by atoms with E-state index in [4.69, 9.17) is 4.74 Å². The van der Waals surface area contributed by atoms with Gasteiger partial charge < -0.3 is 9.84 Å². The van der Waals surface area contributed by atoms with Crippen LogP contribution in [-0.4, -0.2) is 30.9 Å². The minimum Gasteiger partial charge on any atom is -0.507 e. The van der Waals surface area contributed by atoms with Crippen LogP contribution in [0.1, 0.15) is 47.2 Å². The van der Waals surface area contributed by atoms with E-state index in [9.17, 15) is 18.3 Å². The van der Waals surface area contributed by atoms with Gasteiger partial charge in [-0.25, -0.2) is 13.1 Å². The van der Waals surface area contributed by atoms with Crippen molar-refractivity contribution in [3.05, 3.63) is 88.0 Å². The van der Waals surface area contributed by atoms with Crippen LogP contribution in [0.3, 0.4) is 0 Å². The molecule has 190 valence electrons. The van der Waals surface area contributed by atoms with Crippen LogP contribution >= 0.6 is 0 Å².